The van der Waals surface area contributed by atoms with E-state index in [1.165, 1.54) is 33.1 Å². The number of anilines is 2. The summed E-state index contributed by atoms with van der Waals surface area (Å²) in [7, 11) is -2.94. The van der Waals surface area contributed by atoms with Crippen LogP contribution in [0.5, 0.6) is 5.75 Å². The van der Waals surface area contributed by atoms with Gasteiger partial charge in [0.05, 0.1) is 29.5 Å². The highest BCUT2D eigenvalue weighted by atomic mass is 32.2. The minimum absolute atomic E-state index is 0.0543. The van der Waals surface area contributed by atoms with Crippen molar-refractivity contribution in [1.82, 2.24) is 5.16 Å². The zero-order chi connectivity index (χ0) is 24.6. The van der Waals surface area contributed by atoms with E-state index in [9.17, 15) is 26.4 Å². The van der Waals surface area contributed by atoms with E-state index in [0.717, 1.165) is 18.3 Å². The third-order valence-electron chi connectivity index (χ3n) is 4.80. The molecule has 176 valence electrons. The van der Waals surface area contributed by atoms with Crippen LogP contribution in [0, 0.1) is 20.8 Å². The molecule has 3 rings (SSSR count). The molecule has 0 atom stereocenters. The fourth-order valence-electron chi connectivity index (χ4n) is 3.13. The van der Waals surface area contributed by atoms with E-state index in [1.54, 1.807) is 6.92 Å². The van der Waals surface area contributed by atoms with E-state index < -0.39 is 33.4 Å². The maximum atomic E-state index is 13.7. The number of carbonyl (C=O) groups excluding carboxylic acids is 1. The van der Waals surface area contributed by atoms with E-state index >= 15 is 0 Å². The predicted octanol–water partition coefficient (Wildman–Crippen LogP) is 4.68. The van der Waals surface area contributed by atoms with Crippen LogP contribution in [0.1, 0.15) is 32.8 Å². The van der Waals surface area contributed by atoms with E-state index in [2.05, 4.69) is 10.5 Å². The van der Waals surface area contributed by atoms with Gasteiger partial charge in [0.1, 0.15) is 17.1 Å². The number of aromatic nitrogens is 1. The second-order valence-corrected chi connectivity index (χ2v) is 8.85. The molecule has 0 aliphatic carbocycles. The second-order valence-electron chi connectivity index (χ2n) is 7.20. The van der Waals surface area contributed by atoms with Gasteiger partial charge in [-0.05, 0) is 62.2 Å². The summed E-state index contributed by atoms with van der Waals surface area (Å²) >= 11 is 0. The van der Waals surface area contributed by atoms with E-state index in [0.29, 0.717) is 22.9 Å². The molecule has 0 aliphatic rings. The number of alkyl halides is 3. The Labute approximate surface area is 187 Å². The summed E-state index contributed by atoms with van der Waals surface area (Å²) in [6, 6.07) is 5.53. The average Bonchev–Trinajstić information content (AvgIpc) is 3.15. The van der Waals surface area contributed by atoms with Gasteiger partial charge in [-0.1, -0.05) is 5.16 Å². The Morgan fingerprint density at radius 3 is 2.36 bits per heavy atom. The van der Waals surface area contributed by atoms with Crippen molar-refractivity contribution in [2.24, 2.45) is 0 Å². The number of sulfonamides is 1. The molecule has 33 heavy (non-hydrogen) atoms. The SMILES string of the molecule is COc1cc(C)c(S(=O)(=O)Nc2ccc(NC(=O)c3cnoc3C)cc2C(F)(F)F)cc1C. The molecular weight excluding hydrogens is 463 g/mol. The van der Waals surface area contributed by atoms with Crippen LogP contribution in [0.25, 0.3) is 0 Å². The first-order valence-corrected chi connectivity index (χ1v) is 10.9. The number of methoxy groups -OCH3 is 1. The van der Waals surface area contributed by atoms with Crippen molar-refractivity contribution in [3.05, 3.63) is 64.5 Å². The van der Waals surface area contributed by atoms with Crippen LogP contribution in [0.15, 0.2) is 45.9 Å². The van der Waals surface area contributed by atoms with Gasteiger partial charge >= 0.3 is 6.18 Å². The van der Waals surface area contributed by atoms with Gasteiger partial charge in [0.15, 0.2) is 0 Å². The smallest absolute Gasteiger partial charge is 0.418 e. The Morgan fingerprint density at radius 2 is 1.79 bits per heavy atom. The Kier molecular flexibility index (Phi) is 6.41. The maximum absolute atomic E-state index is 13.7. The summed E-state index contributed by atoms with van der Waals surface area (Å²) < 4.78 is 78.9. The molecule has 0 radical (unpaired) electrons. The van der Waals surface area contributed by atoms with Gasteiger partial charge in [0, 0.05) is 5.69 Å². The number of benzene rings is 2. The van der Waals surface area contributed by atoms with Crippen molar-refractivity contribution in [1.29, 1.82) is 0 Å². The number of nitrogens with one attached hydrogen (secondary N) is 2. The highest BCUT2D eigenvalue weighted by Gasteiger charge is 2.35. The van der Waals surface area contributed by atoms with Crippen molar-refractivity contribution in [3.8, 4) is 5.75 Å². The van der Waals surface area contributed by atoms with Crippen LogP contribution in [-0.4, -0.2) is 26.6 Å². The van der Waals surface area contributed by atoms with Gasteiger partial charge in [0.2, 0.25) is 0 Å². The zero-order valence-electron chi connectivity index (χ0n) is 18.0. The molecule has 8 nitrogen and oxygen atoms in total. The monoisotopic (exact) mass is 483 g/mol. The Morgan fingerprint density at radius 1 is 1.09 bits per heavy atom. The fraction of sp³-hybridized carbons (Fsp3) is 0.238. The number of halogens is 3. The first kappa shape index (κ1) is 24.1. The van der Waals surface area contributed by atoms with Crippen molar-refractivity contribution in [3.63, 3.8) is 0 Å². The van der Waals surface area contributed by atoms with Crippen molar-refractivity contribution in [2.75, 3.05) is 17.1 Å². The highest BCUT2D eigenvalue weighted by molar-refractivity contribution is 7.92. The van der Waals surface area contributed by atoms with Gasteiger partial charge in [0.25, 0.3) is 15.9 Å². The minimum Gasteiger partial charge on any atom is -0.496 e. The number of aryl methyl sites for hydroxylation is 3. The normalized spacial score (nSPS) is 11.8. The van der Waals surface area contributed by atoms with Crippen LogP contribution in [0.4, 0.5) is 24.5 Å². The summed E-state index contributed by atoms with van der Waals surface area (Å²) in [6.45, 7) is 4.60. The number of ether oxygens (including phenoxy) is 1. The van der Waals surface area contributed by atoms with Gasteiger partial charge in [-0.15, -0.1) is 0 Å². The van der Waals surface area contributed by atoms with Gasteiger partial charge in [-0.3, -0.25) is 9.52 Å². The molecule has 0 bridgehead atoms. The first-order chi connectivity index (χ1) is 15.3. The van der Waals surface area contributed by atoms with Gasteiger partial charge in [-0.2, -0.15) is 13.2 Å². The molecule has 0 saturated carbocycles. The minimum atomic E-state index is -4.91. The number of amides is 1. The predicted molar refractivity (Wildman–Crippen MR) is 114 cm³/mol. The highest BCUT2D eigenvalue weighted by Crippen LogP contribution is 2.38. The third kappa shape index (κ3) is 5.11. The summed E-state index contributed by atoms with van der Waals surface area (Å²) in [6.07, 6.45) is -3.77. The van der Waals surface area contributed by atoms with E-state index in [1.807, 2.05) is 4.72 Å². The maximum Gasteiger partial charge on any atom is 0.418 e. The van der Waals surface area contributed by atoms with E-state index in [4.69, 9.17) is 9.26 Å². The average molecular weight is 483 g/mol. The van der Waals surface area contributed by atoms with Gasteiger partial charge < -0.3 is 14.6 Å². The van der Waals surface area contributed by atoms with Crippen LogP contribution >= 0.6 is 0 Å². The van der Waals surface area contributed by atoms with Crippen LogP contribution in [0.3, 0.4) is 0 Å². The Hall–Kier alpha value is -3.54. The number of hydrogen-bond acceptors (Lipinski definition) is 6. The number of nitrogens with zero attached hydrogens (tertiary/aromatic N) is 1. The molecule has 0 saturated heterocycles. The van der Waals surface area contributed by atoms with Crippen molar-refractivity contribution in [2.45, 2.75) is 31.8 Å². The number of hydrogen-bond donors (Lipinski definition) is 2. The van der Waals surface area contributed by atoms with Gasteiger partial charge in [-0.25, -0.2) is 8.42 Å². The van der Waals surface area contributed by atoms with E-state index in [-0.39, 0.29) is 21.9 Å². The molecule has 0 aliphatic heterocycles. The molecule has 2 aromatic carbocycles. The number of rotatable bonds is 6. The van der Waals surface area contributed by atoms with Crippen LogP contribution in [-0.2, 0) is 16.2 Å². The Bertz CT molecular complexity index is 1320. The molecule has 0 unspecified atom stereocenters. The summed E-state index contributed by atoms with van der Waals surface area (Å²) in [5.74, 6) is -0.0804. The standard InChI is InChI=1S/C21H20F3N3O5S/c1-11-8-19(12(2)7-18(11)31-4)33(29,30)27-17-6-5-14(9-16(17)21(22,23)24)26-20(28)15-10-25-32-13(15)3/h5-10,27H,1-4H3,(H,26,28). The second kappa shape index (κ2) is 8.77. The first-order valence-electron chi connectivity index (χ1n) is 9.45. The molecule has 1 aromatic heterocycles. The topological polar surface area (TPSA) is 111 Å². The van der Waals surface area contributed by atoms with Crippen LogP contribution < -0.4 is 14.8 Å². The molecular formula is C21H20F3N3O5S. The lowest BCUT2D eigenvalue weighted by molar-refractivity contribution is -0.136. The molecule has 3 aromatic rings. The summed E-state index contributed by atoms with van der Waals surface area (Å²) in [5.41, 5.74) is -1.29. The zero-order valence-corrected chi connectivity index (χ0v) is 18.8. The molecule has 1 amide bonds. The number of carbonyl (C=O) groups is 1. The quantitative estimate of drug-likeness (QED) is 0.527. The molecule has 0 spiro atoms. The summed E-state index contributed by atoms with van der Waals surface area (Å²) in [4.78, 5) is 12.1. The lowest BCUT2D eigenvalue weighted by Crippen LogP contribution is -2.19. The molecule has 12 heteroatoms. The summed E-state index contributed by atoms with van der Waals surface area (Å²) in [5, 5.41) is 5.77. The van der Waals surface area contributed by atoms with Crippen molar-refractivity contribution < 1.29 is 35.6 Å². The molecule has 2 N–H and O–H groups in total. The molecule has 1 heterocycles. The lowest BCUT2D eigenvalue weighted by Gasteiger charge is -2.18. The van der Waals surface area contributed by atoms with Crippen LogP contribution in [0.2, 0.25) is 0 Å². The van der Waals surface area contributed by atoms with Crippen molar-refractivity contribution >= 4 is 27.3 Å². The lowest BCUT2D eigenvalue weighted by atomic mass is 10.1. The third-order valence-corrected chi connectivity index (χ3v) is 6.31. The Balaban J connectivity index is 1.97. The largest absolute Gasteiger partial charge is 0.496 e. The fourth-order valence-corrected chi connectivity index (χ4v) is 4.53. The molecule has 0 fully saturated rings.